The van der Waals surface area contributed by atoms with Gasteiger partial charge in [0, 0.05) is 42.7 Å². The first-order valence-corrected chi connectivity index (χ1v) is 13.7. The van der Waals surface area contributed by atoms with Crippen molar-refractivity contribution in [3.8, 4) is 0 Å². The lowest BCUT2D eigenvalue weighted by Gasteiger charge is -2.37. The van der Waals surface area contributed by atoms with E-state index < -0.39 is 35.4 Å². The summed E-state index contributed by atoms with van der Waals surface area (Å²) >= 11 is 0. The maximum Gasteiger partial charge on any atom is 0.246 e. The van der Waals surface area contributed by atoms with Crippen LogP contribution in [0, 0.1) is 17.6 Å². The second-order valence-electron chi connectivity index (χ2n) is 10.5. The molecule has 1 aromatic heterocycles. The second-order valence-corrected chi connectivity index (χ2v) is 10.5. The van der Waals surface area contributed by atoms with Gasteiger partial charge in [0.05, 0.1) is 6.04 Å². The third kappa shape index (κ3) is 6.14. The van der Waals surface area contributed by atoms with Crippen LogP contribution in [0.1, 0.15) is 42.1 Å². The Kier molecular flexibility index (Phi) is 8.14. The van der Waals surface area contributed by atoms with Crippen molar-refractivity contribution < 1.29 is 23.2 Å². The zero-order valence-electron chi connectivity index (χ0n) is 22.9. The minimum Gasteiger partial charge on any atom is -0.361 e. The van der Waals surface area contributed by atoms with Gasteiger partial charge in [0.2, 0.25) is 17.7 Å². The summed E-state index contributed by atoms with van der Waals surface area (Å²) < 4.78 is 27.0. The molecule has 1 aliphatic rings. The monoisotopic (exact) mass is 558 g/mol. The Balaban J connectivity index is 1.34. The number of amides is 3. The second kappa shape index (κ2) is 11.9. The molecule has 0 saturated heterocycles. The highest BCUT2D eigenvalue weighted by Crippen LogP contribution is 2.30. The molecule has 0 fully saturated rings. The number of nitrogens with one attached hydrogen (secondary N) is 3. The van der Waals surface area contributed by atoms with Crippen LogP contribution in [0.5, 0.6) is 0 Å². The van der Waals surface area contributed by atoms with Gasteiger partial charge in [0.25, 0.3) is 0 Å². The maximum atomic E-state index is 14.0. The number of para-hydroxylation sites is 1. The molecule has 0 aliphatic carbocycles. The van der Waals surface area contributed by atoms with Crippen molar-refractivity contribution in [2.24, 2.45) is 5.92 Å². The van der Waals surface area contributed by atoms with Crippen LogP contribution in [0.4, 0.5) is 8.78 Å². The predicted octanol–water partition coefficient (Wildman–Crippen LogP) is 4.57. The van der Waals surface area contributed by atoms with Gasteiger partial charge in [-0.3, -0.25) is 14.4 Å². The third-order valence-corrected chi connectivity index (χ3v) is 7.77. The quantitative estimate of drug-likeness (QED) is 0.277. The number of aromatic amines is 1. The normalized spacial score (nSPS) is 16.1. The first-order valence-electron chi connectivity index (χ1n) is 13.7. The fourth-order valence-corrected chi connectivity index (χ4v) is 5.46. The molecular weight excluding hydrogens is 526 g/mol. The number of hydrogen-bond donors (Lipinski definition) is 3. The standard InChI is InChI=1S/C32H32F2N4O3/c1-19(30(39)36-17-21-13-24(33)16-25(34)14-21)31(40)37-29(15-23-18-35-28-10-6-5-9-27(23)28)32(41)38-12-11-22-7-3-4-8-26(22)20(38)2/h3-10,13-14,16,18-20,29,35H,11-12,15,17H2,1-2H3,(H,36,39)(H,37,40). The van der Waals surface area contributed by atoms with Crippen LogP contribution in [-0.2, 0) is 33.8 Å². The lowest BCUT2D eigenvalue weighted by Crippen LogP contribution is -2.53. The lowest BCUT2D eigenvalue weighted by molar-refractivity contribution is -0.141. The van der Waals surface area contributed by atoms with Gasteiger partial charge in [-0.05, 0) is 60.7 Å². The molecule has 3 unspecified atom stereocenters. The number of halogens is 2. The number of carbonyl (C=O) groups is 3. The largest absolute Gasteiger partial charge is 0.361 e. The Labute approximate surface area is 236 Å². The summed E-state index contributed by atoms with van der Waals surface area (Å²) in [4.78, 5) is 45.1. The average molecular weight is 559 g/mol. The molecule has 4 aromatic rings. The number of aromatic nitrogens is 1. The molecule has 7 nitrogen and oxygen atoms in total. The molecule has 3 aromatic carbocycles. The third-order valence-electron chi connectivity index (χ3n) is 7.77. The number of carbonyl (C=O) groups excluding carboxylic acids is 3. The van der Waals surface area contributed by atoms with Crippen LogP contribution < -0.4 is 10.6 Å². The Bertz CT molecular complexity index is 1580. The van der Waals surface area contributed by atoms with Gasteiger partial charge in [-0.25, -0.2) is 8.78 Å². The summed E-state index contributed by atoms with van der Waals surface area (Å²) in [6.45, 7) is 3.78. The molecule has 0 radical (unpaired) electrons. The molecule has 1 aliphatic heterocycles. The summed E-state index contributed by atoms with van der Waals surface area (Å²) in [5.41, 5.74) is 4.29. The molecule has 212 valence electrons. The van der Waals surface area contributed by atoms with E-state index in [2.05, 4.69) is 21.7 Å². The zero-order valence-corrected chi connectivity index (χ0v) is 22.9. The van der Waals surface area contributed by atoms with Gasteiger partial charge in [0.1, 0.15) is 23.6 Å². The van der Waals surface area contributed by atoms with Crippen molar-refractivity contribution in [1.82, 2.24) is 20.5 Å². The molecule has 2 heterocycles. The van der Waals surface area contributed by atoms with Crippen molar-refractivity contribution in [3.63, 3.8) is 0 Å². The van der Waals surface area contributed by atoms with Crippen LogP contribution >= 0.6 is 0 Å². The molecule has 0 spiro atoms. The molecule has 9 heteroatoms. The highest BCUT2D eigenvalue weighted by atomic mass is 19.1. The summed E-state index contributed by atoms with van der Waals surface area (Å²) in [6.07, 6.45) is 2.77. The number of rotatable bonds is 8. The average Bonchev–Trinajstić information content (AvgIpc) is 3.37. The van der Waals surface area contributed by atoms with Crippen molar-refractivity contribution in [1.29, 1.82) is 0 Å². The van der Waals surface area contributed by atoms with Gasteiger partial charge < -0.3 is 20.5 Å². The van der Waals surface area contributed by atoms with Crippen molar-refractivity contribution in [3.05, 3.63) is 107 Å². The predicted molar refractivity (Wildman–Crippen MR) is 152 cm³/mol. The Hall–Kier alpha value is -4.53. The van der Waals surface area contributed by atoms with Gasteiger partial charge in [0.15, 0.2) is 0 Å². The number of hydrogen-bond acceptors (Lipinski definition) is 3. The van der Waals surface area contributed by atoms with Crippen molar-refractivity contribution in [2.45, 2.75) is 45.3 Å². The van der Waals surface area contributed by atoms with E-state index in [4.69, 9.17) is 0 Å². The summed E-state index contributed by atoms with van der Waals surface area (Å²) in [6, 6.07) is 17.6. The topological polar surface area (TPSA) is 94.3 Å². The Morgan fingerprint density at radius 1 is 1.00 bits per heavy atom. The van der Waals surface area contributed by atoms with Crippen molar-refractivity contribution in [2.75, 3.05) is 6.54 Å². The first-order chi connectivity index (χ1) is 19.7. The molecule has 3 N–H and O–H groups in total. The first kappa shape index (κ1) is 28.0. The minimum atomic E-state index is -1.15. The van der Waals surface area contributed by atoms with Crippen LogP contribution in [0.25, 0.3) is 10.9 Å². The van der Waals surface area contributed by atoms with E-state index in [1.165, 1.54) is 12.5 Å². The maximum absolute atomic E-state index is 14.0. The van der Waals surface area contributed by atoms with Crippen molar-refractivity contribution >= 4 is 28.6 Å². The molecule has 0 saturated carbocycles. The highest BCUT2D eigenvalue weighted by Gasteiger charge is 2.34. The Morgan fingerprint density at radius 2 is 1.71 bits per heavy atom. The molecule has 3 amide bonds. The molecular formula is C32H32F2N4O3. The van der Waals surface area contributed by atoms with Gasteiger partial charge in [-0.2, -0.15) is 0 Å². The molecule has 0 bridgehead atoms. The SMILES string of the molecule is CC(C(=O)NCc1cc(F)cc(F)c1)C(=O)NC(Cc1c[nH]c2ccccc12)C(=O)N1CCc2ccccc2C1C. The van der Waals surface area contributed by atoms with Crippen LogP contribution in [0.3, 0.4) is 0 Å². The van der Waals surface area contributed by atoms with E-state index >= 15 is 0 Å². The molecule has 5 rings (SSSR count). The van der Waals surface area contributed by atoms with E-state index in [-0.39, 0.29) is 30.5 Å². The zero-order chi connectivity index (χ0) is 29.1. The van der Waals surface area contributed by atoms with E-state index in [1.807, 2.05) is 55.6 Å². The summed E-state index contributed by atoms with van der Waals surface area (Å²) in [5.74, 6) is -4.12. The fraction of sp³-hybridized carbons (Fsp3) is 0.281. The number of fused-ring (bicyclic) bond motifs is 2. The van der Waals surface area contributed by atoms with E-state index in [9.17, 15) is 23.2 Å². The highest BCUT2D eigenvalue weighted by molar-refractivity contribution is 6.01. The van der Waals surface area contributed by atoms with Gasteiger partial charge in [-0.1, -0.05) is 42.5 Å². The number of nitrogens with zero attached hydrogens (tertiary/aromatic N) is 1. The lowest BCUT2D eigenvalue weighted by atomic mass is 9.92. The fourth-order valence-electron chi connectivity index (χ4n) is 5.46. The van der Waals surface area contributed by atoms with E-state index in [1.54, 1.807) is 4.90 Å². The Morgan fingerprint density at radius 3 is 2.49 bits per heavy atom. The smallest absolute Gasteiger partial charge is 0.246 e. The summed E-state index contributed by atoms with van der Waals surface area (Å²) in [7, 11) is 0. The molecule has 3 atom stereocenters. The van der Waals surface area contributed by atoms with Gasteiger partial charge >= 0.3 is 0 Å². The van der Waals surface area contributed by atoms with Crippen LogP contribution in [0.2, 0.25) is 0 Å². The van der Waals surface area contributed by atoms with Crippen LogP contribution in [-0.4, -0.2) is 40.2 Å². The van der Waals surface area contributed by atoms with E-state index in [0.29, 0.717) is 13.0 Å². The van der Waals surface area contributed by atoms with E-state index in [0.717, 1.165) is 40.2 Å². The number of benzene rings is 3. The number of H-pyrrole nitrogens is 1. The van der Waals surface area contributed by atoms with Crippen LogP contribution in [0.15, 0.2) is 72.9 Å². The summed E-state index contributed by atoms with van der Waals surface area (Å²) in [5, 5.41) is 6.34. The van der Waals surface area contributed by atoms with Gasteiger partial charge in [-0.15, -0.1) is 0 Å². The minimum absolute atomic E-state index is 0.145. The molecule has 41 heavy (non-hydrogen) atoms.